The van der Waals surface area contributed by atoms with Gasteiger partial charge >= 0.3 is 5.97 Å². The lowest BCUT2D eigenvalue weighted by molar-refractivity contribution is -0.945. The van der Waals surface area contributed by atoms with Crippen molar-refractivity contribution in [1.82, 2.24) is 14.6 Å². The van der Waals surface area contributed by atoms with Crippen molar-refractivity contribution >= 4 is 22.3 Å². The van der Waals surface area contributed by atoms with E-state index in [0.717, 1.165) is 9.91 Å². The van der Waals surface area contributed by atoms with E-state index >= 15 is 0 Å². The van der Waals surface area contributed by atoms with Crippen LogP contribution in [-0.4, -0.2) is 33.7 Å². The zero-order valence-corrected chi connectivity index (χ0v) is 15.4. The molecule has 2 atom stereocenters. The summed E-state index contributed by atoms with van der Waals surface area (Å²) < 4.78 is 6.35. The lowest BCUT2D eigenvalue weighted by Crippen LogP contribution is -3.15. The normalized spacial score (nSPS) is 19.3. The fourth-order valence-corrected chi connectivity index (χ4v) is 4.46. The maximum Gasteiger partial charge on any atom is 0.365 e. The van der Waals surface area contributed by atoms with Gasteiger partial charge in [0.2, 0.25) is 4.96 Å². The second-order valence-electron chi connectivity index (χ2n) is 6.49. The van der Waals surface area contributed by atoms with E-state index in [0.29, 0.717) is 30.2 Å². The molecule has 0 saturated heterocycles. The summed E-state index contributed by atoms with van der Waals surface area (Å²) in [6.07, 6.45) is 0.639. The number of nitrogens with one attached hydrogen (secondary N) is 1. The monoisotopic (exact) mass is 371 g/mol. The Balaban J connectivity index is 1.68. The van der Waals surface area contributed by atoms with Gasteiger partial charge in [0, 0.05) is 23.7 Å². The Hall–Kier alpha value is -2.58. The van der Waals surface area contributed by atoms with Crippen LogP contribution in [0.3, 0.4) is 0 Å². The predicted octanol–water partition coefficient (Wildman–Crippen LogP) is 0.142. The summed E-state index contributed by atoms with van der Waals surface area (Å²) >= 11 is 1.39. The summed E-state index contributed by atoms with van der Waals surface area (Å²) in [7, 11) is 1.42. The first kappa shape index (κ1) is 16.9. The molecule has 1 aromatic carbocycles. The van der Waals surface area contributed by atoms with Crippen molar-refractivity contribution < 1.29 is 14.4 Å². The number of rotatable bonds is 3. The zero-order chi connectivity index (χ0) is 18.3. The van der Waals surface area contributed by atoms with Crippen LogP contribution in [0, 0.1) is 6.92 Å². The van der Waals surface area contributed by atoms with Crippen LogP contribution in [0.1, 0.15) is 21.8 Å². The second kappa shape index (κ2) is 6.62. The smallest absolute Gasteiger partial charge is 0.365 e. The van der Waals surface area contributed by atoms with Crippen LogP contribution < -0.4 is 10.5 Å². The molecule has 8 heteroatoms. The first-order valence-corrected chi connectivity index (χ1v) is 9.22. The second-order valence-corrected chi connectivity index (χ2v) is 7.53. The third-order valence-corrected chi connectivity index (χ3v) is 5.64. The molecule has 1 N–H and O–H groups in total. The summed E-state index contributed by atoms with van der Waals surface area (Å²) in [5.74, 6) is -0.221. The maximum atomic E-state index is 12.3. The molecule has 3 heterocycles. The highest BCUT2D eigenvalue weighted by Gasteiger charge is 2.36. The van der Waals surface area contributed by atoms with Crippen molar-refractivity contribution in [3.63, 3.8) is 0 Å². The van der Waals surface area contributed by atoms with Crippen LogP contribution in [0.4, 0.5) is 0 Å². The average molecular weight is 371 g/mol. The molecule has 3 aromatic rings. The number of hydrogen-bond acceptors (Lipinski definition) is 6. The van der Waals surface area contributed by atoms with E-state index in [1.54, 1.807) is 6.92 Å². The van der Waals surface area contributed by atoms with E-state index in [9.17, 15) is 9.59 Å². The van der Waals surface area contributed by atoms with Crippen molar-refractivity contribution in [1.29, 1.82) is 0 Å². The molecule has 0 radical (unpaired) electrons. The van der Waals surface area contributed by atoms with Gasteiger partial charge in [0.25, 0.3) is 5.56 Å². The topological polar surface area (TPSA) is 78.0 Å². The molecule has 26 heavy (non-hydrogen) atoms. The Bertz CT molecular complexity index is 1040. The molecule has 1 aliphatic rings. The molecule has 0 amide bonds. The van der Waals surface area contributed by atoms with Crippen molar-refractivity contribution in [3.05, 3.63) is 62.5 Å². The number of benzene rings is 1. The highest BCUT2D eigenvalue weighted by Crippen LogP contribution is 2.16. The van der Waals surface area contributed by atoms with E-state index in [1.165, 1.54) is 40.2 Å². The number of aromatic nitrogens is 3. The third-order valence-electron chi connectivity index (χ3n) is 4.73. The predicted molar refractivity (Wildman–Crippen MR) is 96.2 cm³/mol. The molecule has 1 unspecified atom stereocenters. The minimum Gasteiger partial charge on any atom is -0.465 e. The molecule has 0 fully saturated rings. The van der Waals surface area contributed by atoms with Crippen molar-refractivity contribution in [2.75, 3.05) is 7.11 Å². The van der Waals surface area contributed by atoms with Crippen LogP contribution >= 0.6 is 11.3 Å². The van der Waals surface area contributed by atoms with Gasteiger partial charge in [-0.2, -0.15) is 9.61 Å². The highest BCUT2D eigenvalue weighted by molar-refractivity contribution is 7.16. The number of carbonyl (C=O) groups excluding carboxylic acids is 1. The van der Waals surface area contributed by atoms with Crippen molar-refractivity contribution in [3.8, 4) is 0 Å². The quantitative estimate of drug-likeness (QED) is 0.663. The van der Waals surface area contributed by atoms with E-state index in [2.05, 4.69) is 22.2 Å². The third kappa shape index (κ3) is 3.02. The standard InChI is InChI=1S/C18H18N4O3S/c1-11-7-16(23)22-18(19-11)26-15(20-22)10-21-9-13-6-4-3-5-12(13)8-14(21)17(24)25-2/h3-7,14H,8-10H2,1-2H3/p+1/t14-/m0/s1. The Labute approximate surface area is 153 Å². The molecular formula is C18H19N4O3S+. The Morgan fingerprint density at radius 1 is 1.38 bits per heavy atom. The molecule has 2 aromatic heterocycles. The molecule has 7 nitrogen and oxygen atoms in total. The number of aryl methyl sites for hydroxylation is 1. The SMILES string of the molecule is COC(=O)[C@@H]1Cc2ccccc2C[NH+]1Cc1nn2c(=O)cc(C)nc2s1. The lowest BCUT2D eigenvalue weighted by Gasteiger charge is -2.31. The number of nitrogens with zero attached hydrogens (tertiary/aromatic N) is 3. The van der Waals surface area contributed by atoms with Gasteiger partial charge < -0.3 is 9.64 Å². The fraction of sp³-hybridized carbons (Fsp3) is 0.333. The summed E-state index contributed by atoms with van der Waals surface area (Å²) in [5, 5.41) is 5.19. The maximum absolute atomic E-state index is 12.3. The highest BCUT2D eigenvalue weighted by atomic mass is 32.1. The minimum absolute atomic E-state index is 0.182. The minimum atomic E-state index is -0.284. The van der Waals surface area contributed by atoms with Gasteiger partial charge in [0.15, 0.2) is 11.0 Å². The fourth-order valence-electron chi connectivity index (χ4n) is 3.46. The number of methoxy groups -OCH3 is 1. The van der Waals surface area contributed by atoms with Gasteiger partial charge in [-0.3, -0.25) is 4.79 Å². The Kier molecular flexibility index (Phi) is 4.29. The molecule has 1 aliphatic heterocycles. The Morgan fingerprint density at radius 3 is 2.92 bits per heavy atom. The largest absolute Gasteiger partial charge is 0.465 e. The Morgan fingerprint density at radius 2 is 2.15 bits per heavy atom. The number of fused-ring (bicyclic) bond motifs is 2. The van der Waals surface area contributed by atoms with E-state index in [1.807, 2.05) is 12.1 Å². The molecule has 0 saturated carbocycles. The molecule has 134 valence electrons. The summed E-state index contributed by atoms with van der Waals surface area (Å²) in [6.45, 7) is 3.05. The van der Waals surface area contributed by atoms with E-state index in [4.69, 9.17) is 4.74 Å². The van der Waals surface area contributed by atoms with Crippen LogP contribution in [-0.2, 0) is 29.0 Å². The number of hydrogen-bond donors (Lipinski definition) is 1. The number of carbonyl (C=O) groups is 1. The zero-order valence-electron chi connectivity index (χ0n) is 14.6. The van der Waals surface area contributed by atoms with Crippen LogP contribution in [0.2, 0.25) is 0 Å². The number of esters is 1. The van der Waals surface area contributed by atoms with Gasteiger partial charge in [0.1, 0.15) is 13.1 Å². The number of ether oxygens (including phenoxy) is 1. The molecule has 0 bridgehead atoms. The van der Waals surface area contributed by atoms with E-state index < -0.39 is 0 Å². The first-order chi connectivity index (χ1) is 12.5. The van der Waals surface area contributed by atoms with E-state index in [-0.39, 0.29) is 17.6 Å². The average Bonchev–Trinajstić information content (AvgIpc) is 3.03. The van der Waals surface area contributed by atoms with Crippen LogP contribution in [0.5, 0.6) is 0 Å². The van der Waals surface area contributed by atoms with Gasteiger partial charge in [-0.15, -0.1) is 0 Å². The van der Waals surface area contributed by atoms with Gasteiger partial charge in [-0.25, -0.2) is 9.78 Å². The molecule has 0 spiro atoms. The van der Waals surface area contributed by atoms with Gasteiger partial charge in [-0.05, 0) is 12.5 Å². The molecule has 0 aliphatic carbocycles. The lowest BCUT2D eigenvalue weighted by atomic mass is 9.94. The van der Waals surface area contributed by atoms with Crippen LogP contribution in [0.25, 0.3) is 4.96 Å². The summed E-state index contributed by atoms with van der Waals surface area (Å²) in [4.78, 5) is 30.4. The molecular weight excluding hydrogens is 352 g/mol. The first-order valence-electron chi connectivity index (χ1n) is 8.40. The van der Waals surface area contributed by atoms with Crippen LogP contribution in [0.15, 0.2) is 35.1 Å². The van der Waals surface area contributed by atoms with Crippen molar-refractivity contribution in [2.45, 2.75) is 32.5 Å². The number of quaternary nitrogens is 1. The summed E-state index contributed by atoms with van der Waals surface area (Å²) in [5.41, 5.74) is 2.91. The summed E-state index contributed by atoms with van der Waals surface area (Å²) in [6, 6.07) is 9.35. The van der Waals surface area contributed by atoms with Crippen molar-refractivity contribution in [2.24, 2.45) is 0 Å². The molecule has 4 rings (SSSR count). The van der Waals surface area contributed by atoms with Gasteiger partial charge in [0.05, 0.1) is 7.11 Å². The van der Waals surface area contributed by atoms with Gasteiger partial charge in [-0.1, -0.05) is 35.6 Å².